The zero-order valence-electron chi connectivity index (χ0n) is 16.8. The molecule has 4 heterocycles. The van der Waals surface area contributed by atoms with Gasteiger partial charge in [-0.2, -0.15) is 0 Å². The van der Waals surface area contributed by atoms with E-state index in [-0.39, 0.29) is 18.7 Å². The average Bonchev–Trinajstić information content (AvgIpc) is 3.18. The van der Waals surface area contributed by atoms with Gasteiger partial charge in [0.15, 0.2) is 5.11 Å². The summed E-state index contributed by atoms with van der Waals surface area (Å²) in [7, 11) is 0. The molecule has 0 bridgehead atoms. The molecule has 0 aliphatic carbocycles. The molecular weight excluding hydrogens is 382 g/mol. The summed E-state index contributed by atoms with van der Waals surface area (Å²) in [5.74, 6) is 0.905. The van der Waals surface area contributed by atoms with Crippen molar-refractivity contribution in [3.63, 3.8) is 0 Å². The molecule has 3 aromatic heterocycles. The Morgan fingerprint density at radius 3 is 2.62 bits per heavy atom. The summed E-state index contributed by atoms with van der Waals surface area (Å²) in [5, 5.41) is 13.7. The summed E-state index contributed by atoms with van der Waals surface area (Å²) in [4.78, 5) is 11.2. The first kappa shape index (κ1) is 19.5. The Hall–Kier alpha value is -2.77. The predicted molar refractivity (Wildman–Crippen MR) is 117 cm³/mol. The molecule has 29 heavy (non-hydrogen) atoms. The van der Waals surface area contributed by atoms with E-state index in [1.165, 1.54) is 5.56 Å². The largest absolute Gasteiger partial charge is 0.395 e. The van der Waals surface area contributed by atoms with Crippen LogP contribution in [0.25, 0.3) is 5.82 Å². The highest BCUT2D eigenvalue weighted by molar-refractivity contribution is 7.80. The SMILES string of the molecule is Cc1ccnc(-n2c(C)cc(C3C(c4ccccn4)NC(=S)N3CCO)c2C)c1. The van der Waals surface area contributed by atoms with Crippen LogP contribution in [0.5, 0.6) is 0 Å². The molecular formula is C22H25N5OS. The van der Waals surface area contributed by atoms with Crippen molar-refractivity contribution >= 4 is 17.3 Å². The van der Waals surface area contributed by atoms with E-state index in [0.717, 1.165) is 28.5 Å². The lowest BCUT2D eigenvalue weighted by Gasteiger charge is -2.27. The number of hydrogen-bond acceptors (Lipinski definition) is 4. The maximum absolute atomic E-state index is 9.64. The Balaban J connectivity index is 1.84. The molecule has 4 rings (SSSR count). The van der Waals surface area contributed by atoms with Crippen LogP contribution in [0.15, 0.2) is 48.8 Å². The Morgan fingerprint density at radius 2 is 1.93 bits per heavy atom. The van der Waals surface area contributed by atoms with E-state index in [9.17, 15) is 5.11 Å². The molecule has 7 heteroatoms. The smallest absolute Gasteiger partial charge is 0.170 e. The van der Waals surface area contributed by atoms with E-state index in [1.807, 2.05) is 30.5 Å². The second kappa shape index (κ2) is 7.93. The minimum absolute atomic E-state index is 0.0332. The number of aliphatic hydroxyl groups is 1. The molecule has 2 atom stereocenters. The number of aliphatic hydroxyl groups excluding tert-OH is 1. The lowest BCUT2D eigenvalue weighted by atomic mass is 9.97. The molecule has 6 nitrogen and oxygen atoms in total. The first-order chi connectivity index (χ1) is 14.0. The summed E-state index contributed by atoms with van der Waals surface area (Å²) >= 11 is 5.61. The van der Waals surface area contributed by atoms with Gasteiger partial charge in [-0.05, 0) is 74.4 Å². The third-order valence-corrected chi connectivity index (χ3v) is 5.81. The summed E-state index contributed by atoms with van der Waals surface area (Å²) in [5.41, 5.74) is 5.47. The Kier molecular flexibility index (Phi) is 5.34. The highest BCUT2D eigenvalue weighted by atomic mass is 32.1. The fraction of sp³-hybridized carbons (Fsp3) is 0.318. The Bertz CT molecular complexity index is 1030. The monoisotopic (exact) mass is 407 g/mol. The van der Waals surface area contributed by atoms with E-state index in [4.69, 9.17) is 12.2 Å². The van der Waals surface area contributed by atoms with Crippen LogP contribution >= 0.6 is 12.2 Å². The first-order valence-electron chi connectivity index (χ1n) is 9.72. The van der Waals surface area contributed by atoms with Gasteiger partial charge in [-0.1, -0.05) is 6.07 Å². The number of aryl methyl sites for hydroxylation is 2. The van der Waals surface area contributed by atoms with Crippen LogP contribution in [-0.2, 0) is 0 Å². The van der Waals surface area contributed by atoms with E-state index in [0.29, 0.717) is 11.7 Å². The molecule has 0 aromatic carbocycles. The zero-order chi connectivity index (χ0) is 20.5. The van der Waals surface area contributed by atoms with Crippen LogP contribution in [0.2, 0.25) is 0 Å². The van der Waals surface area contributed by atoms with Crippen molar-refractivity contribution in [1.82, 2.24) is 24.8 Å². The van der Waals surface area contributed by atoms with Crippen molar-refractivity contribution in [3.05, 3.63) is 77.0 Å². The molecule has 2 N–H and O–H groups in total. The van der Waals surface area contributed by atoms with Gasteiger partial charge in [-0.15, -0.1) is 0 Å². The van der Waals surface area contributed by atoms with Gasteiger partial charge in [0.25, 0.3) is 0 Å². The molecule has 2 unspecified atom stereocenters. The molecule has 150 valence electrons. The predicted octanol–water partition coefficient (Wildman–Crippen LogP) is 3.16. The highest BCUT2D eigenvalue weighted by Gasteiger charge is 2.41. The lowest BCUT2D eigenvalue weighted by Crippen LogP contribution is -2.32. The van der Waals surface area contributed by atoms with E-state index < -0.39 is 0 Å². The van der Waals surface area contributed by atoms with Gasteiger partial charge in [0, 0.05) is 30.3 Å². The number of β-amino-alcohol motifs (C(OH)–C–C–N with tert-alkyl or cyclic N) is 1. The Morgan fingerprint density at radius 1 is 1.10 bits per heavy atom. The fourth-order valence-corrected chi connectivity index (χ4v) is 4.51. The summed E-state index contributed by atoms with van der Waals surface area (Å²) < 4.78 is 2.18. The number of nitrogens with one attached hydrogen (secondary N) is 1. The second-order valence-electron chi connectivity index (χ2n) is 7.40. The third kappa shape index (κ3) is 3.52. The zero-order valence-corrected chi connectivity index (χ0v) is 17.6. The number of hydrogen-bond donors (Lipinski definition) is 2. The average molecular weight is 408 g/mol. The molecule has 1 aliphatic rings. The normalized spacial score (nSPS) is 18.9. The quantitative estimate of drug-likeness (QED) is 0.634. The molecule has 1 aliphatic heterocycles. The van der Waals surface area contributed by atoms with Crippen LogP contribution in [0.1, 0.15) is 40.3 Å². The first-order valence-corrected chi connectivity index (χ1v) is 10.1. The van der Waals surface area contributed by atoms with Crippen LogP contribution in [-0.4, -0.2) is 42.8 Å². The van der Waals surface area contributed by atoms with Gasteiger partial charge in [0.2, 0.25) is 0 Å². The third-order valence-electron chi connectivity index (χ3n) is 5.46. The second-order valence-corrected chi connectivity index (χ2v) is 7.78. The summed E-state index contributed by atoms with van der Waals surface area (Å²) in [6, 6.07) is 12.0. The van der Waals surface area contributed by atoms with Crippen molar-refractivity contribution in [2.24, 2.45) is 0 Å². The van der Waals surface area contributed by atoms with Crippen LogP contribution in [0.4, 0.5) is 0 Å². The van der Waals surface area contributed by atoms with Gasteiger partial charge in [0.1, 0.15) is 5.82 Å². The minimum atomic E-state index is -0.0883. The molecule has 1 saturated heterocycles. The highest BCUT2D eigenvalue weighted by Crippen LogP contribution is 2.41. The molecule has 0 spiro atoms. The van der Waals surface area contributed by atoms with E-state index in [2.05, 4.69) is 57.7 Å². The van der Waals surface area contributed by atoms with E-state index in [1.54, 1.807) is 6.20 Å². The standard InChI is InChI=1S/C22H25N5OS/c1-14-7-9-24-19(12-14)27-15(2)13-17(16(27)3)21-20(18-6-4-5-8-23-18)25-22(29)26(21)10-11-28/h4-9,12-13,20-21,28H,10-11H2,1-3H3,(H,25,29). The number of nitrogens with zero attached hydrogens (tertiary/aromatic N) is 4. The van der Waals surface area contributed by atoms with Crippen LogP contribution < -0.4 is 5.32 Å². The van der Waals surface area contributed by atoms with Crippen LogP contribution in [0, 0.1) is 20.8 Å². The number of thiocarbonyl (C=S) groups is 1. The lowest BCUT2D eigenvalue weighted by molar-refractivity contribution is 0.223. The van der Waals surface area contributed by atoms with Crippen molar-refractivity contribution in [1.29, 1.82) is 0 Å². The van der Waals surface area contributed by atoms with Crippen LogP contribution in [0.3, 0.4) is 0 Å². The van der Waals surface area contributed by atoms with E-state index >= 15 is 0 Å². The number of rotatable bonds is 5. The van der Waals surface area contributed by atoms with Crippen molar-refractivity contribution < 1.29 is 5.11 Å². The number of pyridine rings is 2. The molecule has 0 radical (unpaired) electrons. The summed E-state index contributed by atoms with van der Waals surface area (Å²) in [6.07, 6.45) is 3.63. The molecule has 0 amide bonds. The van der Waals surface area contributed by atoms with Gasteiger partial charge >= 0.3 is 0 Å². The Labute approximate surface area is 176 Å². The van der Waals surface area contributed by atoms with Gasteiger partial charge in [0.05, 0.1) is 24.4 Å². The van der Waals surface area contributed by atoms with Gasteiger partial charge < -0.3 is 19.9 Å². The van der Waals surface area contributed by atoms with Crippen molar-refractivity contribution in [3.8, 4) is 5.82 Å². The topological polar surface area (TPSA) is 66.2 Å². The maximum atomic E-state index is 9.64. The summed E-state index contributed by atoms with van der Waals surface area (Å²) in [6.45, 7) is 6.77. The molecule has 3 aromatic rings. The number of aromatic nitrogens is 3. The maximum Gasteiger partial charge on any atom is 0.170 e. The fourth-order valence-electron chi connectivity index (χ4n) is 4.17. The van der Waals surface area contributed by atoms with Crippen molar-refractivity contribution in [2.45, 2.75) is 32.9 Å². The molecule has 1 fully saturated rings. The van der Waals surface area contributed by atoms with Gasteiger partial charge in [-0.3, -0.25) is 4.98 Å². The molecule has 0 saturated carbocycles. The van der Waals surface area contributed by atoms with Crippen molar-refractivity contribution in [2.75, 3.05) is 13.2 Å². The van der Waals surface area contributed by atoms with Gasteiger partial charge in [-0.25, -0.2) is 4.98 Å². The minimum Gasteiger partial charge on any atom is -0.395 e.